The average molecular weight is 433 g/mol. The number of nitrogens with one attached hydrogen (secondary N) is 1. The number of rotatable bonds is 8. The van der Waals surface area contributed by atoms with Crippen molar-refractivity contribution < 1.29 is 23.0 Å². The van der Waals surface area contributed by atoms with Crippen LogP contribution in [0, 0.1) is 5.21 Å². The van der Waals surface area contributed by atoms with Crippen LogP contribution in [0.15, 0.2) is 48.8 Å². The number of aromatic nitrogens is 3. The van der Waals surface area contributed by atoms with Crippen molar-refractivity contribution in [2.24, 2.45) is 0 Å². The van der Waals surface area contributed by atoms with Gasteiger partial charge >= 0.3 is 0 Å². The lowest BCUT2D eigenvalue weighted by atomic mass is 9.96. The van der Waals surface area contributed by atoms with Gasteiger partial charge in [0.05, 0.1) is 22.3 Å². The van der Waals surface area contributed by atoms with Gasteiger partial charge in [0, 0.05) is 6.07 Å². The molecule has 0 aliphatic heterocycles. The summed E-state index contributed by atoms with van der Waals surface area (Å²) in [5.74, 6) is -0.269. The summed E-state index contributed by atoms with van der Waals surface area (Å²) in [7, 11) is -3.67. The molecule has 0 saturated heterocycles. The molecular formula is C20H24N4O5S. The summed E-state index contributed by atoms with van der Waals surface area (Å²) in [6.45, 7) is 4.80. The standard InChI is InChI=1S/C20H24N4O5S/c1-4-12-30(27,28)23-18-19(22-16-10-6-5-9-15(16)21-18)29-17(20(2,3)25)14-8-7-11-24(26)13-14/h5-11,13,17,25H,4,12H2,1-3H3,(H,21,23). The number of hydrogen-bond donors (Lipinski definition) is 2. The number of ether oxygens (including phenoxy) is 1. The van der Waals surface area contributed by atoms with Crippen LogP contribution in [0.5, 0.6) is 5.88 Å². The van der Waals surface area contributed by atoms with Gasteiger partial charge in [0.25, 0.3) is 5.88 Å². The highest BCUT2D eigenvalue weighted by Gasteiger charge is 2.34. The quantitative estimate of drug-likeness (QED) is 0.413. The highest BCUT2D eigenvalue weighted by atomic mass is 32.2. The number of fused-ring (bicyclic) bond motifs is 1. The van der Waals surface area contributed by atoms with Crippen LogP contribution in [-0.2, 0) is 10.0 Å². The van der Waals surface area contributed by atoms with Crippen molar-refractivity contribution in [3.8, 4) is 5.88 Å². The maximum absolute atomic E-state index is 12.4. The lowest BCUT2D eigenvalue weighted by Gasteiger charge is -2.29. The van der Waals surface area contributed by atoms with Crippen molar-refractivity contribution in [1.82, 2.24) is 9.97 Å². The topological polar surface area (TPSA) is 128 Å². The minimum atomic E-state index is -3.67. The molecule has 0 fully saturated rings. The van der Waals surface area contributed by atoms with E-state index in [1.54, 1.807) is 37.3 Å². The molecule has 0 aliphatic rings. The maximum atomic E-state index is 12.4. The van der Waals surface area contributed by atoms with E-state index in [9.17, 15) is 18.7 Å². The number of benzene rings is 1. The van der Waals surface area contributed by atoms with Crippen molar-refractivity contribution in [1.29, 1.82) is 0 Å². The fourth-order valence-corrected chi connectivity index (χ4v) is 4.03. The minimum absolute atomic E-state index is 0.0812. The number of para-hydroxylation sites is 2. The van der Waals surface area contributed by atoms with E-state index in [2.05, 4.69) is 14.7 Å². The molecule has 2 aromatic heterocycles. The van der Waals surface area contributed by atoms with E-state index in [1.807, 2.05) is 0 Å². The van der Waals surface area contributed by atoms with Gasteiger partial charge in [0.15, 0.2) is 18.5 Å². The van der Waals surface area contributed by atoms with Crippen molar-refractivity contribution in [3.63, 3.8) is 0 Å². The Bertz CT molecular complexity index is 1150. The van der Waals surface area contributed by atoms with Crippen LogP contribution < -0.4 is 14.2 Å². The first kappa shape index (κ1) is 21.7. The molecule has 1 unspecified atom stereocenters. The third kappa shape index (κ3) is 5.14. The highest BCUT2D eigenvalue weighted by molar-refractivity contribution is 7.92. The molecule has 10 heteroatoms. The van der Waals surface area contributed by atoms with Gasteiger partial charge in [-0.2, -0.15) is 4.73 Å². The molecule has 3 aromatic rings. The van der Waals surface area contributed by atoms with Gasteiger partial charge in [-0.15, -0.1) is 0 Å². The third-order valence-corrected chi connectivity index (χ3v) is 5.69. The Morgan fingerprint density at radius 3 is 2.47 bits per heavy atom. The van der Waals surface area contributed by atoms with E-state index in [-0.39, 0.29) is 17.5 Å². The van der Waals surface area contributed by atoms with Gasteiger partial charge in [-0.1, -0.05) is 19.1 Å². The fraction of sp³-hybridized carbons (Fsp3) is 0.350. The summed E-state index contributed by atoms with van der Waals surface area (Å²) in [5.41, 5.74) is -0.0398. The molecule has 160 valence electrons. The SMILES string of the molecule is CCCS(=O)(=O)Nc1nc2ccccc2nc1OC(c1ccc[n+]([O-])c1)C(C)(C)O. The first-order chi connectivity index (χ1) is 14.1. The van der Waals surface area contributed by atoms with E-state index in [1.165, 1.54) is 32.3 Å². The van der Waals surface area contributed by atoms with Gasteiger partial charge in [0.1, 0.15) is 5.60 Å². The lowest BCUT2D eigenvalue weighted by molar-refractivity contribution is -0.606. The summed E-state index contributed by atoms with van der Waals surface area (Å²) >= 11 is 0. The number of nitrogens with zero attached hydrogens (tertiary/aromatic N) is 3. The van der Waals surface area contributed by atoms with Gasteiger partial charge in [-0.3, -0.25) is 4.72 Å². The van der Waals surface area contributed by atoms with Gasteiger partial charge in [-0.05, 0) is 38.5 Å². The van der Waals surface area contributed by atoms with Gasteiger partial charge in [-0.25, -0.2) is 18.4 Å². The van der Waals surface area contributed by atoms with Crippen molar-refractivity contribution in [2.45, 2.75) is 38.9 Å². The molecule has 1 aromatic carbocycles. The van der Waals surface area contributed by atoms with E-state index in [0.29, 0.717) is 27.7 Å². The van der Waals surface area contributed by atoms with Crippen LogP contribution in [0.3, 0.4) is 0 Å². The summed E-state index contributed by atoms with van der Waals surface area (Å²) in [6, 6.07) is 10.1. The second kappa shape index (κ2) is 8.41. The average Bonchev–Trinajstić information content (AvgIpc) is 2.64. The monoisotopic (exact) mass is 432 g/mol. The molecule has 1 atom stereocenters. The number of sulfonamides is 1. The second-order valence-electron chi connectivity index (χ2n) is 7.44. The Hall–Kier alpha value is -2.98. The second-order valence-corrected chi connectivity index (χ2v) is 9.28. The molecule has 0 bridgehead atoms. The zero-order valence-corrected chi connectivity index (χ0v) is 17.8. The Morgan fingerprint density at radius 1 is 1.20 bits per heavy atom. The lowest BCUT2D eigenvalue weighted by Crippen LogP contribution is -2.36. The summed E-state index contributed by atoms with van der Waals surface area (Å²) in [6.07, 6.45) is 2.00. The van der Waals surface area contributed by atoms with Crippen molar-refractivity contribution >= 4 is 26.9 Å². The highest BCUT2D eigenvalue weighted by Crippen LogP contribution is 2.34. The minimum Gasteiger partial charge on any atom is -0.619 e. The molecule has 9 nitrogen and oxygen atoms in total. The Morgan fingerprint density at radius 2 is 1.87 bits per heavy atom. The third-order valence-electron chi connectivity index (χ3n) is 4.24. The van der Waals surface area contributed by atoms with Crippen LogP contribution in [0.4, 0.5) is 5.82 Å². The van der Waals surface area contributed by atoms with E-state index < -0.39 is 21.7 Å². The van der Waals surface area contributed by atoms with Crippen molar-refractivity contribution in [2.75, 3.05) is 10.5 Å². The number of aliphatic hydroxyl groups is 1. The summed E-state index contributed by atoms with van der Waals surface area (Å²) in [5, 5.41) is 22.4. The molecule has 3 rings (SSSR count). The molecule has 2 heterocycles. The predicted molar refractivity (Wildman–Crippen MR) is 112 cm³/mol. The largest absolute Gasteiger partial charge is 0.619 e. The number of anilines is 1. The van der Waals surface area contributed by atoms with Gasteiger partial charge < -0.3 is 15.1 Å². The Kier molecular flexibility index (Phi) is 6.09. The first-order valence-electron chi connectivity index (χ1n) is 9.44. The zero-order chi connectivity index (χ0) is 21.9. The number of hydrogen-bond acceptors (Lipinski definition) is 7. The Balaban J connectivity index is 2.10. The van der Waals surface area contributed by atoms with Gasteiger partial charge in [0.2, 0.25) is 15.8 Å². The van der Waals surface area contributed by atoms with Crippen LogP contribution in [0.1, 0.15) is 38.9 Å². The molecule has 2 N–H and O–H groups in total. The van der Waals surface area contributed by atoms with Crippen LogP contribution in [0.25, 0.3) is 11.0 Å². The maximum Gasteiger partial charge on any atom is 0.259 e. The molecule has 0 spiro atoms. The molecule has 0 radical (unpaired) electrons. The van der Waals surface area contributed by atoms with Crippen LogP contribution >= 0.6 is 0 Å². The van der Waals surface area contributed by atoms with E-state index in [4.69, 9.17) is 4.74 Å². The predicted octanol–water partition coefficient (Wildman–Crippen LogP) is 2.31. The molecule has 0 aliphatic carbocycles. The molecule has 0 saturated carbocycles. The Labute approximate surface area is 175 Å². The smallest absolute Gasteiger partial charge is 0.259 e. The fourth-order valence-electron chi connectivity index (χ4n) is 2.96. The first-order valence-corrected chi connectivity index (χ1v) is 11.1. The summed E-state index contributed by atoms with van der Waals surface area (Å²) in [4.78, 5) is 8.78. The van der Waals surface area contributed by atoms with Crippen LogP contribution in [-0.4, -0.2) is 34.8 Å². The summed E-state index contributed by atoms with van der Waals surface area (Å²) < 4.78 is 33.7. The van der Waals surface area contributed by atoms with E-state index >= 15 is 0 Å². The number of pyridine rings is 1. The zero-order valence-electron chi connectivity index (χ0n) is 16.9. The van der Waals surface area contributed by atoms with Crippen molar-refractivity contribution in [3.05, 3.63) is 59.6 Å². The molecular weight excluding hydrogens is 408 g/mol. The molecule has 0 amide bonds. The van der Waals surface area contributed by atoms with Crippen LogP contribution in [0.2, 0.25) is 0 Å². The van der Waals surface area contributed by atoms with E-state index in [0.717, 1.165) is 0 Å². The normalized spacial score (nSPS) is 13.2. The molecule has 30 heavy (non-hydrogen) atoms.